The normalized spacial score (nSPS) is 27.5. The molecule has 2 aliphatic heterocycles. The highest BCUT2D eigenvalue weighted by Crippen LogP contribution is 2.47. The largest absolute Gasteiger partial charge is 0.416 e. The van der Waals surface area contributed by atoms with Crippen molar-refractivity contribution in [1.82, 2.24) is 10.2 Å². The van der Waals surface area contributed by atoms with Crippen molar-refractivity contribution in [2.75, 3.05) is 19.8 Å². The van der Waals surface area contributed by atoms with Gasteiger partial charge in [-0.1, -0.05) is 26.0 Å². The standard InChI is InChI=1S/C24H33F3N2O2/c1-16(2)23(10-6-19(14-23)28-18-8-12-31-13-9-18)22(30)29-11-7-20-17(15-29)4-3-5-21(20)24(25,26)27/h3-5,16,18-19,28H,6-15H2,1-2H3/t19-,23+/m1/s1. The number of hydrogen-bond acceptors (Lipinski definition) is 3. The molecule has 31 heavy (non-hydrogen) atoms. The average molecular weight is 439 g/mol. The lowest BCUT2D eigenvalue weighted by Crippen LogP contribution is -2.49. The van der Waals surface area contributed by atoms with E-state index in [-0.39, 0.29) is 24.8 Å². The minimum absolute atomic E-state index is 0.113. The number of rotatable bonds is 4. The molecule has 2 atom stereocenters. The van der Waals surface area contributed by atoms with Crippen LogP contribution in [0, 0.1) is 11.3 Å². The van der Waals surface area contributed by atoms with Gasteiger partial charge in [0.15, 0.2) is 0 Å². The third-order valence-corrected chi connectivity index (χ3v) is 7.63. The Bertz CT molecular complexity index is 805. The molecule has 172 valence electrons. The molecule has 4 rings (SSSR count). The molecule has 2 heterocycles. The molecule has 0 bridgehead atoms. The van der Waals surface area contributed by atoms with Crippen molar-refractivity contribution in [1.29, 1.82) is 0 Å². The Labute approximate surface area is 182 Å². The molecular weight excluding hydrogens is 405 g/mol. The summed E-state index contributed by atoms with van der Waals surface area (Å²) < 4.78 is 45.6. The Morgan fingerprint density at radius 3 is 2.61 bits per heavy atom. The fraction of sp³-hybridized carbons (Fsp3) is 0.708. The molecular formula is C24H33F3N2O2. The fourth-order valence-electron chi connectivity index (χ4n) is 5.74. The van der Waals surface area contributed by atoms with Crippen molar-refractivity contribution in [2.24, 2.45) is 11.3 Å². The van der Waals surface area contributed by atoms with Crippen LogP contribution in [0.5, 0.6) is 0 Å². The maximum Gasteiger partial charge on any atom is 0.416 e. The number of halogens is 3. The van der Waals surface area contributed by atoms with Crippen LogP contribution in [0.2, 0.25) is 0 Å². The molecule has 2 fully saturated rings. The van der Waals surface area contributed by atoms with Crippen molar-refractivity contribution in [3.63, 3.8) is 0 Å². The van der Waals surface area contributed by atoms with Crippen LogP contribution < -0.4 is 5.32 Å². The van der Waals surface area contributed by atoms with Crippen molar-refractivity contribution >= 4 is 5.91 Å². The number of nitrogens with one attached hydrogen (secondary N) is 1. The van der Waals surface area contributed by atoms with Gasteiger partial charge in [0.1, 0.15) is 0 Å². The van der Waals surface area contributed by atoms with E-state index in [0.717, 1.165) is 51.4 Å². The first-order valence-corrected chi connectivity index (χ1v) is 11.5. The summed E-state index contributed by atoms with van der Waals surface area (Å²) in [5.41, 5.74) is -0.0225. The number of carbonyl (C=O) groups excluding carboxylic acids is 1. The predicted molar refractivity (Wildman–Crippen MR) is 112 cm³/mol. The van der Waals surface area contributed by atoms with E-state index in [1.165, 1.54) is 6.07 Å². The van der Waals surface area contributed by atoms with Gasteiger partial charge in [-0.25, -0.2) is 0 Å². The SMILES string of the molecule is CC(C)[C@]1(C(=O)N2CCc3c(cccc3C(F)(F)F)C2)CC[C@@H](NC2CCOCC2)C1. The Kier molecular flexibility index (Phi) is 6.37. The summed E-state index contributed by atoms with van der Waals surface area (Å²) in [6, 6.07) is 5.09. The number of ether oxygens (including phenoxy) is 1. The predicted octanol–water partition coefficient (Wildman–Crippen LogP) is 4.55. The second-order valence-electron chi connectivity index (χ2n) is 9.72. The Morgan fingerprint density at radius 1 is 1.19 bits per heavy atom. The molecule has 1 saturated carbocycles. The molecule has 7 heteroatoms. The van der Waals surface area contributed by atoms with Crippen LogP contribution in [-0.4, -0.2) is 42.6 Å². The molecule has 3 aliphatic rings. The molecule has 0 radical (unpaired) electrons. The molecule has 1 N–H and O–H groups in total. The van der Waals surface area contributed by atoms with Crippen LogP contribution in [0.4, 0.5) is 13.2 Å². The first-order valence-electron chi connectivity index (χ1n) is 11.5. The second-order valence-corrected chi connectivity index (χ2v) is 9.72. The van der Waals surface area contributed by atoms with Gasteiger partial charge in [-0.2, -0.15) is 13.2 Å². The molecule has 1 aliphatic carbocycles. The summed E-state index contributed by atoms with van der Waals surface area (Å²) in [5.74, 6) is 0.297. The molecule has 1 saturated heterocycles. The Hall–Kier alpha value is -1.60. The van der Waals surface area contributed by atoms with E-state index in [0.29, 0.717) is 29.8 Å². The summed E-state index contributed by atoms with van der Waals surface area (Å²) in [4.78, 5) is 15.6. The highest BCUT2D eigenvalue weighted by Gasteiger charge is 2.50. The first kappa shape index (κ1) is 22.6. The van der Waals surface area contributed by atoms with Gasteiger partial charge in [0.25, 0.3) is 0 Å². The van der Waals surface area contributed by atoms with Crippen LogP contribution in [-0.2, 0) is 28.7 Å². The third-order valence-electron chi connectivity index (χ3n) is 7.63. The lowest BCUT2D eigenvalue weighted by Gasteiger charge is -2.40. The van der Waals surface area contributed by atoms with Gasteiger partial charge in [0.2, 0.25) is 5.91 Å². The zero-order valence-electron chi connectivity index (χ0n) is 18.4. The number of amides is 1. The van der Waals surface area contributed by atoms with Gasteiger partial charge in [-0.3, -0.25) is 4.79 Å². The number of benzene rings is 1. The first-order chi connectivity index (χ1) is 14.7. The zero-order valence-corrected chi connectivity index (χ0v) is 18.4. The van der Waals surface area contributed by atoms with Gasteiger partial charge in [-0.05, 0) is 61.6 Å². The second kappa shape index (κ2) is 8.74. The van der Waals surface area contributed by atoms with E-state index >= 15 is 0 Å². The van der Waals surface area contributed by atoms with E-state index in [9.17, 15) is 18.0 Å². The molecule has 0 aromatic heterocycles. The van der Waals surface area contributed by atoms with Gasteiger partial charge in [0, 0.05) is 38.4 Å². The number of fused-ring (bicyclic) bond motifs is 1. The minimum Gasteiger partial charge on any atom is -0.381 e. The third kappa shape index (κ3) is 4.49. The van der Waals surface area contributed by atoms with E-state index in [4.69, 9.17) is 4.74 Å². The number of nitrogens with zero attached hydrogens (tertiary/aromatic N) is 1. The molecule has 1 aromatic rings. The van der Waals surface area contributed by atoms with Crippen LogP contribution in [0.1, 0.15) is 62.6 Å². The summed E-state index contributed by atoms with van der Waals surface area (Å²) in [7, 11) is 0. The van der Waals surface area contributed by atoms with E-state index in [2.05, 4.69) is 19.2 Å². The van der Waals surface area contributed by atoms with E-state index in [1.54, 1.807) is 11.0 Å². The number of hydrogen-bond donors (Lipinski definition) is 1. The van der Waals surface area contributed by atoms with E-state index < -0.39 is 17.2 Å². The lowest BCUT2D eigenvalue weighted by atomic mass is 9.73. The van der Waals surface area contributed by atoms with Crippen molar-refractivity contribution < 1.29 is 22.7 Å². The summed E-state index contributed by atoms with van der Waals surface area (Å²) in [6.45, 7) is 6.40. The quantitative estimate of drug-likeness (QED) is 0.750. The van der Waals surface area contributed by atoms with Gasteiger partial charge < -0.3 is 15.0 Å². The summed E-state index contributed by atoms with van der Waals surface area (Å²) >= 11 is 0. The van der Waals surface area contributed by atoms with Gasteiger partial charge in [0.05, 0.1) is 11.0 Å². The maximum absolute atomic E-state index is 13.7. The number of alkyl halides is 3. The molecule has 1 amide bonds. The highest BCUT2D eigenvalue weighted by molar-refractivity contribution is 5.84. The van der Waals surface area contributed by atoms with Crippen molar-refractivity contribution in [3.05, 3.63) is 34.9 Å². The van der Waals surface area contributed by atoms with Crippen molar-refractivity contribution in [3.8, 4) is 0 Å². The maximum atomic E-state index is 13.7. The summed E-state index contributed by atoms with van der Waals surface area (Å²) in [6.07, 6.45) is 0.500. The Balaban J connectivity index is 1.49. The lowest BCUT2D eigenvalue weighted by molar-refractivity contribution is -0.146. The Morgan fingerprint density at radius 2 is 1.94 bits per heavy atom. The topological polar surface area (TPSA) is 41.6 Å². The zero-order chi connectivity index (χ0) is 22.2. The van der Waals surface area contributed by atoms with Crippen molar-refractivity contribution in [2.45, 2.75) is 77.2 Å². The molecule has 4 nitrogen and oxygen atoms in total. The average Bonchev–Trinajstić information content (AvgIpc) is 3.17. The monoisotopic (exact) mass is 438 g/mol. The molecule has 1 aromatic carbocycles. The summed E-state index contributed by atoms with van der Waals surface area (Å²) in [5, 5.41) is 3.75. The number of carbonyl (C=O) groups is 1. The van der Waals surface area contributed by atoms with Gasteiger partial charge >= 0.3 is 6.18 Å². The minimum atomic E-state index is -4.36. The molecule has 0 unspecified atom stereocenters. The van der Waals surface area contributed by atoms with Crippen LogP contribution in [0.15, 0.2) is 18.2 Å². The van der Waals surface area contributed by atoms with Crippen LogP contribution in [0.3, 0.4) is 0 Å². The smallest absolute Gasteiger partial charge is 0.381 e. The molecule has 0 spiro atoms. The van der Waals surface area contributed by atoms with Gasteiger partial charge in [-0.15, -0.1) is 0 Å². The van der Waals surface area contributed by atoms with E-state index in [1.807, 2.05) is 0 Å². The van der Waals surface area contributed by atoms with Crippen LogP contribution >= 0.6 is 0 Å². The van der Waals surface area contributed by atoms with Crippen LogP contribution in [0.25, 0.3) is 0 Å². The fourth-order valence-corrected chi connectivity index (χ4v) is 5.74. The highest BCUT2D eigenvalue weighted by atomic mass is 19.4.